The van der Waals surface area contributed by atoms with Crippen molar-refractivity contribution in [3.8, 4) is 35.2 Å². The minimum Gasteiger partial charge on any atom is -0.508 e. The number of terminal acetylenes is 1. The van der Waals surface area contributed by atoms with Crippen molar-refractivity contribution in [3.05, 3.63) is 65.9 Å². The van der Waals surface area contributed by atoms with E-state index in [1.54, 1.807) is 12.1 Å². The van der Waals surface area contributed by atoms with Crippen LogP contribution in [0.3, 0.4) is 0 Å². The van der Waals surface area contributed by atoms with Gasteiger partial charge in [0.05, 0.1) is 11.1 Å². The average molecular weight is 612 g/mol. The summed E-state index contributed by atoms with van der Waals surface area (Å²) in [6, 6.07) is 9.43. The molecule has 10 heteroatoms. The van der Waals surface area contributed by atoms with Gasteiger partial charge in [-0.2, -0.15) is 9.97 Å². The molecule has 5 heterocycles. The third-order valence-corrected chi connectivity index (χ3v) is 10.1. The van der Waals surface area contributed by atoms with Crippen molar-refractivity contribution in [2.24, 2.45) is 0 Å². The van der Waals surface area contributed by atoms with E-state index in [0.29, 0.717) is 65.9 Å². The number of hydrogen-bond donors (Lipinski definition) is 2. The molecule has 2 bridgehead atoms. The molecule has 0 aliphatic carbocycles. The van der Waals surface area contributed by atoms with Gasteiger partial charge in [-0.05, 0) is 67.4 Å². The van der Waals surface area contributed by atoms with Gasteiger partial charge in [-0.25, -0.2) is 13.2 Å². The van der Waals surface area contributed by atoms with E-state index in [9.17, 15) is 13.9 Å². The first-order valence-corrected chi connectivity index (χ1v) is 15.4. The molecule has 45 heavy (non-hydrogen) atoms. The first-order valence-electron chi connectivity index (χ1n) is 15.4. The van der Waals surface area contributed by atoms with Crippen LogP contribution in [-0.4, -0.2) is 69.9 Å². The van der Waals surface area contributed by atoms with Crippen LogP contribution in [0.4, 0.5) is 19.0 Å². The number of ether oxygens (including phenoxy) is 1. The van der Waals surface area contributed by atoms with Gasteiger partial charge in [0.15, 0.2) is 5.82 Å². The molecule has 2 unspecified atom stereocenters. The molecule has 4 aliphatic heterocycles. The van der Waals surface area contributed by atoms with E-state index in [0.717, 1.165) is 25.8 Å². The molecule has 7 nitrogen and oxygen atoms in total. The number of phenols is 1. The highest BCUT2D eigenvalue weighted by molar-refractivity contribution is 6.04. The van der Waals surface area contributed by atoms with Gasteiger partial charge in [0, 0.05) is 54.5 Å². The quantitative estimate of drug-likeness (QED) is 0.218. The van der Waals surface area contributed by atoms with Gasteiger partial charge in [-0.15, -0.1) is 6.42 Å². The summed E-state index contributed by atoms with van der Waals surface area (Å²) in [4.78, 5) is 13.6. The second kappa shape index (κ2) is 10.4. The molecule has 0 spiro atoms. The van der Waals surface area contributed by atoms with Crippen molar-refractivity contribution in [3.63, 3.8) is 0 Å². The molecule has 1 aromatic heterocycles. The number of benzene rings is 3. The van der Waals surface area contributed by atoms with Crippen molar-refractivity contribution in [2.45, 2.75) is 55.9 Å². The number of aromatic nitrogens is 2. The molecule has 4 saturated heterocycles. The Bertz CT molecular complexity index is 1930. The second-order valence-corrected chi connectivity index (χ2v) is 12.8. The van der Waals surface area contributed by atoms with Crippen molar-refractivity contribution < 1.29 is 23.0 Å². The van der Waals surface area contributed by atoms with Gasteiger partial charge in [0.2, 0.25) is 0 Å². The number of nitrogens with one attached hydrogen (secondary N) is 1. The normalized spacial score (nSPS) is 26.0. The van der Waals surface area contributed by atoms with Crippen LogP contribution in [0.5, 0.6) is 11.8 Å². The fourth-order valence-electron chi connectivity index (χ4n) is 8.11. The summed E-state index contributed by atoms with van der Waals surface area (Å²) in [5.74, 6) is 1.87. The highest BCUT2D eigenvalue weighted by Gasteiger charge is 2.52. The fourth-order valence-corrected chi connectivity index (χ4v) is 8.11. The lowest BCUT2D eigenvalue weighted by atomic mass is 9.92. The Labute approximate surface area is 258 Å². The molecule has 0 amide bonds. The fraction of sp³-hybridized carbons (Fsp3) is 0.371. The molecule has 4 atom stereocenters. The van der Waals surface area contributed by atoms with E-state index in [2.05, 4.69) is 32.6 Å². The zero-order valence-corrected chi connectivity index (χ0v) is 24.6. The van der Waals surface area contributed by atoms with E-state index in [1.165, 1.54) is 24.3 Å². The standard InChI is InChI=1S/C35H32F3N5O2/c1-3-25-29(37)10-5-20-13-24(44)14-28(30(20)25)26-8-9-27-32(31(26)38)40-34(41-33(27)42-17-22-6-7-23(18-42)39-22)45-19(2)35-11-4-12-43(35)16-21(36)15-35/h1,5,8-10,13-14,21-23,39,44H,2,4,6-7,11-12,15-18H2/t21-,22?,23?,35+/m1/s1. The summed E-state index contributed by atoms with van der Waals surface area (Å²) in [6.07, 6.45) is 8.70. The second-order valence-electron chi connectivity index (χ2n) is 12.8. The maximum atomic E-state index is 16.9. The highest BCUT2D eigenvalue weighted by Crippen LogP contribution is 2.46. The molecule has 230 valence electrons. The molecule has 2 N–H and O–H groups in total. The Morgan fingerprint density at radius 2 is 1.89 bits per heavy atom. The number of piperazine rings is 1. The van der Waals surface area contributed by atoms with Crippen LogP contribution in [0.2, 0.25) is 0 Å². The first kappa shape index (κ1) is 28.2. The Kier molecular flexibility index (Phi) is 6.48. The lowest BCUT2D eigenvalue weighted by molar-refractivity contribution is 0.171. The maximum absolute atomic E-state index is 16.9. The molecular weight excluding hydrogens is 579 g/mol. The number of rotatable bonds is 5. The third kappa shape index (κ3) is 4.43. The predicted octanol–water partition coefficient (Wildman–Crippen LogP) is 5.82. The van der Waals surface area contributed by atoms with Crippen LogP contribution < -0.4 is 15.0 Å². The Morgan fingerprint density at radius 3 is 2.67 bits per heavy atom. The predicted molar refractivity (Wildman–Crippen MR) is 167 cm³/mol. The SMILES string of the molecule is C#Cc1c(F)ccc2cc(O)cc(-c3ccc4c(N5CC6CCC(C5)N6)nc(OC(=C)[C@@]56CCCN5C[C@H](F)C6)nc4c3F)c12. The molecule has 8 rings (SSSR count). The smallest absolute Gasteiger partial charge is 0.324 e. The lowest BCUT2D eigenvalue weighted by Gasteiger charge is -2.35. The average Bonchev–Trinajstić information content (AvgIpc) is 3.68. The van der Waals surface area contributed by atoms with Crippen LogP contribution in [0, 0.1) is 24.0 Å². The molecule has 0 radical (unpaired) electrons. The van der Waals surface area contributed by atoms with Crippen LogP contribution in [0.25, 0.3) is 32.8 Å². The molecular formula is C35H32F3N5O2. The summed E-state index contributed by atoms with van der Waals surface area (Å²) in [7, 11) is 0. The Hall–Kier alpha value is -4.33. The summed E-state index contributed by atoms with van der Waals surface area (Å²) in [5, 5.41) is 15.4. The number of aromatic hydroxyl groups is 1. The van der Waals surface area contributed by atoms with Crippen molar-refractivity contribution in [1.82, 2.24) is 20.2 Å². The van der Waals surface area contributed by atoms with Gasteiger partial charge in [-0.3, -0.25) is 4.90 Å². The van der Waals surface area contributed by atoms with Gasteiger partial charge in [-0.1, -0.05) is 24.6 Å². The van der Waals surface area contributed by atoms with E-state index in [1.807, 2.05) is 0 Å². The minimum absolute atomic E-state index is 0.0110. The van der Waals surface area contributed by atoms with E-state index >= 15 is 4.39 Å². The maximum Gasteiger partial charge on any atom is 0.324 e. The summed E-state index contributed by atoms with van der Waals surface area (Å²) in [5.41, 5.74) is -0.328. The number of anilines is 1. The van der Waals surface area contributed by atoms with Crippen LogP contribution in [0.1, 0.15) is 37.7 Å². The number of halogens is 3. The summed E-state index contributed by atoms with van der Waals surface area (Å²) < 4.78 is 52.5. The Balaban J connectivity index is 1.30. The zero-order chi connectivity index (χ0) is 31.0. The number of alkyl halides is 1. The third-order valence-electron chi connectivity index (χ3n) is 10.1. The lowest BCUT2D eigenvalue weighted by Crippen LogP contribution is -2.51. The molecule has 4 aromatic rings. The summed E-state index contributed by atoms with van der Waals surface area (Å²) >= 11 is 0. The van der Waals surface area contributed by atoms with Gasteiger partial charge in [0.1, 0.15) is 34.8 Å². The summed E-state index contributed by atoms with van der Waals surface area (Å²) in [6.45, 7) is 6.67. The van der Waals surface area contributed by atoms with E-state index < -0.39 is 23.3 Å². The van der Waals surface area contributed by atoms with Crippen LogP contribution >= 0.6 is 0 Å². The topological polar surface area (TPSA) is 73.8 Å². The van der Waals surface area contributed by atoms with Crippen molar-refractivity contribution in [2.75, 3.05) is 31.1 Å². The van der Waals surface area contributed by atoms with Gasteiger partial charge >= 0.3 is 6.01 Å². The molecule has 4 fully saturated rings. The van der Waals surface area contributed by atoms with Gasteiger partial charge < -0.3 is 20.1 Å². The largest absolute Gasteiger partial charge is 0.508 e. The molecule has 0 saturated carbocycles. The number of phenolic OH excluding ortho intramolecular Hbond substituents is 1. The zero-order valence-electron chi connectivity index (χ0n) is 24.6. The van der Waals surface area contributed by atoms with Crippen molar-refractivity contribution >= 4 is 27.5 Å². The van der Waals surface area contributed by atoms with E-state index in [-0.39, 0.29) is 40.4 Å². The highest BCUT2D eigenvalue weighted by atomic mass is 19.1. The van der Waals surface area contributed by atoms with Crippen LogP contribution in [-0.2, 0) is 0 Å². The van der Waals surface area contributed by atoms with Crippen molar-refractivity contribution in [1.29, 1.82) is 0 Å². The number of nitrogens with zero attached hydrogens (tertiary/aromatic N) is 4. The number of fused-ring (bicyclic) bond motifs is 5. The van der Waals surface area contributed by atoms with Gasteiger partial charge in [0.25, 0.3) is 0 Å². The Morgan fingerprint density at radius 1 is 1.09 bits per heavy atom. The monoisotopic (exact) mass is 611 g/mol. The number of hydrogen-bond acceptors (Lipinski definition) is 7. The van der Waals surface area contributed by atoms with Crippen LogP contribution in [0.15, 0.2) is 48.7 Å². The molecule has 3 aromatic carbocycles. The first-order chi connectivity index (χ1) is 21.7. The minimum atomic E-state index is -0.982. The van der Waals surface area contributed by atoms with E-state index in [4.69, 9.17) is 16.1 Å². The molecule has 4 aliphatic rings.